The predicted molar refractivity (Wildman–Crippen MR) is 50.1 cm³/mol. The molecule has 1 saturated carbocycles. The van der Waals surface area contributed by atoms with Gasteiger partial charge in [-0.25, -0.2) is 0 Å². The first-order valence-electron chi connectivity index (χ1n) is 4.30. The van der Waals surface area contributed by atoms with Gasteiger partial charge in [0, 0.05) is 12.7 Å². The molecule has 1 unspecified atom stereocenters. The molecule has 0 spiro atoms. The minimum absolute atomic E-state index is 0.311. The van der Waals surface area contributed by atoms with Gasteiger partial charge in [0.05, 0.1) is 10.5 Å². The zero-order chi connectivity index (χ0) is 8.55. The van der Waals surface area contributed by atoms with Crippen LogP contribution in [0.2, 0.25) is 0 Å². The normalized spacial score (nSPS) is 19.5. The average molecular weight is 230 g/mol. The molecule has 2 rings (SSSR count). The molecule has 1 heterocycles. The van der Waals surface area contributed by atoms with E-state index in [1.54, 1.807) is 0 Å². The van der Waals surface area contributed by atoms with E-state index in [1.165, 1.54) is 12.8 Å². The summed E-state index contributed by atoms with van der Waals surface area (Å²) in [5, 5.41) is 8.12. The molecular formula is C8H12BrN3. The van der Waals surface area contributed by atoms with Crippen LogP contribution in [0.1, 0.15) is 30.3 Å². The summed E-state index contributed by atoms with van der Waals surface area (Å²) in [6.45, 7) is 3.11. The zero-order valence-corrected chi connectivity index (χ0v) is 8.66. The molecular weight excluding hydrogens is 218 g/mol. The molecule has 3 nitrogen and oxygen atoms in total. The van der Waals surface area contributed by atoms with Gasteiger partial charge < -0.3 is 0 Å². The Balaban J connectivity index is 2.02. The van der Waals surface area contributed by atoms with Crippen LogP contribution in [-0.4, -0.2) is 15.0 Å². The van der Waals surface area contributed by atoms with E-state index in [0.29, 0.717) is 4.83 Å². The van der Waals surface area contributed by atoms with Crippen LogP contribution in [0.5, 0.6) is 0 Å². The summed E-state index contributed by atoms with van der Waals surface area (Å²) in [6, 6.07) is 0. The Bertz CT molecular complexity index is 265. The standard InChI is InChI=1S/C8H12BrN3/c1-6(9)8-5-12(11-10-8)4-7-2-3-7/h5-7H,2-4H2,1H3. The predicted octanol–water partition coefficient (Wildman–Crippen LogP) is 2.14. The van der Waals surface area contributed by atoms with E-state index in [1.807, 2.05) is 10.9 Å². The largest absolute Gasteiger partial charge is 0.252 e. The van der Waals surface area contributed by atoms with Gasteiger partial charge in [-0.2, -0.15) is 0 Å². The highest BCUT2D eigenvalue weighted by molar-refractivity contribution is 9.09. The van der Waals surface area contributed by atoms with Crippen LogP contribution < -0.4 is 0 Å². The summed E-state index contributed by atoms with van der Waals surface area (Å²) in [6.07, 6.45) is 4.75. The van der Waals surface area contributed by atoms with Gasteiger partial charge in [-0.3, -0.25) is 4.68 Å². The SMILES string of the molecule is CC(Br)c1cn(CC2CC2)nn1. The molecule has 0 N–H and O–H groups in total. The number of hydrogen-bond acceptors (Lipinski definition) is 2. The molecule has 1 aliphatic carbocycles. The average Bonchev–Trinajstić information content (AvgIpc) is 2.66. The minimum atomic E-state index is 0.311. The molecule has 0 amide bonds. The first-order valence-corrected chi connectivity index (χ1v) is 5.21. The molecule has 4 heteroatoms. The van der Waals surface area contributed by atoms with Crippen LogP contribution in [0.15, 0.2) is 6.20 Å². The van der Waals surface area contributed by atoms with E-state index < -0.39 is 0 Å². The third kappa shape index (κ3) is 1.86. The van der Waals surface area contributed by atoms with Gasteiger partial charge in [0.25, 0.3) is 0 Å². The molecule has 0 aromatic carbocycles. The van der Waals surface area contributed by atoms with Crippen molar-refractivity contribution in [2.45, 2.75) is 31.1 Å². The summed E-state index contributed by atoms with van der Waals surface area (Å²) in [4.78, 5) is 0.311. The van der Waals surface area contributed by atoms with Crippen molar-refractivity contribution >= 4 is 15.9 Å². The monoisotopic (exact) mass is 229 g/mol. The van der Waals surface area contributed by atoms with Crippen molar-refractivity contribution in [1.29, 1.82) is 0 Å². The molecule has 0 radical (unpaired) electrons. The molecule has 1 atom stereocenters. The summed E-state index contributed by atoms with van der Waals surface area (Å²) in [5.41, 5.74) is 1.02. The van der Waals surface area contributed by atoms with Crippen LogP contribution >= 0.6 is 15.9 Å². The van der Waals surface area contributed by atoms with E-state index in [4.69, 9.17) is 0 Å². The highest BCUT2D eigenvalue weighted by Gasteiger charge is 2.22. The molecule has 0 saturated heterocycles. The van der Waals surface area contributed by atoms with Crippen molar-refractivity contribution in [3.05, 3.63) is 11.9 Å². The minimum Gasteiger partial charge on any atom is -0.252 e. The quantitative estimate of drug-likeness (QED) is 0.745. The van der Waals surface area contributed by atoms with Gasteiger partial charge in [-0.1, -0.05) is 21.1 Å². The van der Waals surface area contributed by atoms with Crippen molar-refractivity contribution in [3.63, 3.8) is 0 Å². The molecule has 12 heavy (non-hydrogen) atoms. The van der Waals surface area contributed by atoms with Crippen LogP contribution in [0.3, 0.4) is 0 Å². The van der Waals surface area contributed by atoms with Gasteiger partial charge in [-0.05, 0) is 25.7 Å². The van der Waals surface area contributed by atoms with E-state index in [0.717, 1.165) is 18.2 Å². The summed E-state index contributed by atoms with van der Waals surface area (Å²) in [7, 11) is 0. The van der Waals surface area contributed by atoms with Crippen molar-refractivity contribution in [2.24, 2.45) is 5.92 Å². The second-order valence-electron chi connectivity index (χ2n) is 3.42. The van der Waals surface area contributed by atoms with E-state index in [9.17, 15) is 0 Å². The molecule has 1 aromatic heterocycles. The van der Waals surface area contributed by atoms with Crippen LogP contribution in [0.25, 0.3) is 0 Å². The third-order valence-electron chi connectivity index (χ3n) is 2.11. The Morgan fingerprint density at radius 2 is 2.50 bits per heavy atom. The molecule has 66 valence electrons. The highest BCUT2D eigenvalue weighted by atomic mass is 79.9. The molecule has 0 aliphatic heterocycles. The summed E-state index contributed by atoms with van der Waals surface area (Å²) in [5.74, 6) is 0.866. The van der Waals surface area contributed by atoms with E-state index in [2.05, 4.69) is 33.2 Å². The fourth-order valence-electron chi connectivity index (χ4n) is 1.15. The molecule has 1 aromatic rings. The number of halogens is 1. The van der Waals surface area contributed by atoms with Crippen LogP contribution in [0.4, 0.5) is 0 Å². The molecule has 1 aliphatic rings. The first kappa shape index (κ1) is 8.23. The van der Waals surface area contributed by atoms with Gasteiger partial charge in [0.15, 0.2) is 0 Å². The molecule has 0 bridgehead atoms. The lowest BCUT2D eigenvalue weighted by molar-refractivity contribution is 0.544. The van der Waals surface area contributed by atoms with Crippen LogP contribution in [-0.2, 0) is 6.54 Å². The lowest BCUT2D eigenvalue weighted by atomic mass is 10.4. The van der Waals surface area contributed by atoms with Gasteiger partial charge in [0.2, 0.25) is 0 Å². The smallest absolute Gasteiger partial charge is 0.0960 e. The lowest BCUT2D eigenvalue weighted by Gasteiger charge is -1.95. The van der Waals surface area contributed by atoms with Gasteiger partial charge in [-0.15, -0.1) is 5.10 Å². The number of alkyl halides is 1. The molecule has 1 fully saturated rings. The van der Waals surface area contributed by atoms with Gasteiger partial charge in [0.1, 0.15) is 0 Å². The number of rotatable bonds is 3. The van der Waals surface area contributed by atoms with Crippen molar-refractivity contribution in [2.75, 3.05) is 0 Å². The Labute approximate surface area is 80.3 Å². The van der Waals surface area contributed by atoms with Crippen molar-refractivity contribution in [1.82, 2.24) is 15.0 Å². The second-order valence-corrected chi connectivity index (χ2v) is 4.80. The number of hydrogen-bond donors (Lipinski definition) is 0. The summed E-state index contributed by atoms with van der Waals surface area (Å²) < 4.78 is 1.95. The Kier molecular flexibility index (Phi) is 2.17. The zero-order valence-electron chi connectivity index (χ0n) is 7.07. The van der Waals surface area contributed by atoms with E-state index >= 15 is 0 Å². The van der Waals surface area contributed by atoms with Crippen molar-refractivity contribution in [3.8, 4) is 0 Å². The van der Waals surface area contributed by atoms with Crippen LogP contribution in [0, 0.1) is 5.92 Å². The number of nitrogens with zero attached hydrogens (tertiary/aromatic N) is 3. The Morgan fingerprint density at radius 1 is 1.75 bits per heavy atom. The van der Waals surface area contributed by atoms with Gasteiger partial charge >= 0.3 is 0 Å². The second kappa shape index (κ2) is 3.17. The fourth-order valence-corrected chi connectivity index (χ4v) is 1.36. The highest BCUT2D eigenvalue weighted by Crippen LogP contribution is 2.30. The Morgan fingerprint density at radius 3 is 3.00 bits per heavy atom. The summed E-state index contributed by atoms with van der Waals surface area (Å²) >= 11 is 3.46. The third-order valence-corrected chi connectivity index (χ3v) is 2.58. The maximum absolute atomic E-state index is 4.06. The maximum Gasteiger partial charge on any atom is 0.0960 e. The Hall–Kier alpha value is -0.380. The fraction of sp³-hybridized carbons (Fsp3) is 0.750. The lowest BCUT2D eigenvalue weighted by Crippen LogP contribution is -1.99. The first-order chi connectivity index (χ1) is 5.75. The topological polar surface area (TPSA) is 30.7 Å². The van der Waals surface area contributed by atoms with E-state index in [-0.39, 0.29) is 0 Å². The van der Waals surface area contributed by atoms with Crippen molar-refractivity contribution < 1.29 is 0 Å². The maximum atomic E-state index is 4.06. The number of aromatic nitrogens is 3.